The van der Waals surface area contributed by atoms with Crippen LogP contribution in [0.4, 0.5) is 0 Å². The summed E-state index contributed by atoms with van der Waals surface area (Å²) in [5, 5.41) is 9.32. The summed E-state index contributed by atoms with van der Waals surface area (Å²) in [7, 11) is 0. The Morgan fingerprint density at radius 3 is 2.85 bits per heavy atom. The molecule has 2 aromatic rings. The highest BCUT2D eigenvalue weighted by atomic mass is 16.3. The predicted molar refractivity (Wildman–Crippen MR) is 51.5 cm³/mol. The van der Waals surface area contributed by atoms with E-state index < -0.39 is 6.10 Å². The van der Waals surface area contributed by atoms with Crippen molar-refractivity contribution in [2.24, 2.45) is 0 Å². The van der Waals surface area contributed by atoms with Crippen molar-refractivity contribution in [2.75, 3.05) is 0 Å². The molecule has 68 valence electrons. The van der Waals surface area contributed by atoms with Crippen molar-refractivity contribution in [1.29, 1.82) is 0 Å². The second-order valence-corrected chi connectivity index (χ2v) is 3.27. The normalized spacial score (nSPS) is 13.5. The molecule has 0 fully saturated rings. The van der Waals surface area contributed by atoms with Crippen molar-refractivity contribution in [3.05, 3.63) is 29.6 Å². The number of aryl methyl sites for hydroxylation is 1. The quantitative estimate of drug-likeness (QED) is 0.697. The second kappa shape index (κ2) is 2.85. The van der Waals surface area contributed by atoms with E-state index in [1.165, 1.54) is 0 Å². The SMILES string of the molecule is Cc1cccc2[nH]c([C@@H](C)O)nc12. The van der Waals surface area contributed by atoms with E-state index in [1.54, 1.807) is 6.92 Å². The number of hydrogen-bond donors (Lipinski definition) is 2. The van der Waals surface area contributed by atoms with Crippen LogP contribution in [0.1, 0.15) is 24.4 Å². The van der Waals surface area contributed by atoms with E-state index in [2.05, 4.69) is 9.97 Å². The molecule has 0 aliphatic carbocycles. The molecular formula is C10H12N2O. The van der Waals surface area contributed by atoms with E-state index in [4.69, 9.17) is 0 Å². The lowest BCUT2D eigenvalue weighted by Gasteiger charge is -1.95. The molecule has 2 N–H and O–H groups in total. The monoisotopic (exact) mass is 176 g/mol. The van der Waals surface area contributed by atoms with Gasteiger partial charge < -0.3 is 10.1 Å². The zero-order valence-corrected chi connectivity index (χ0v) is 7.70. The van der Waals surface area contributed by atoms with Crippen LogP contribution in [0.15, 0.2) is 18.2 Å². The summed E-state index contributed by atoms with van der Waals surface area (Å²) < 4.78 is 0. The Morgan fingerprint density at radius 1 is 1.46 bits per heavy atom. The van der Waals surface area contributed by atoms with Crippen LogP contribution in [0.25, 0.3) is 11.0 Å². The number of nitrogens with one attached hydrogen (secondary N) is 1. The molecule has 0 saturated heterocycles. The molecular weight excluding hydrogens is 164 g/mol. The third-order valence-corrected chi connectivity index (χ3v) is 2.13. The molecule has 3 heteroatoms. The van der Waals surface area contributed by atoms with E-state index >= 15 is 0 Å². The van der Waals surface area contributed by atoms with Crippen LogP contribution >= 0.6 is 0 Å². The van der Waals surface area contributed by atoms with Gasteiger partial charge in [-0.3, -0.25) is 0 Å². The molecule has 1 heterocycles. The first-order valence-electron chi connectivity index (χ1n) is 4.32. The van der Waals surface area contributed by atoms with E-state index in [1.807, 2.05) is 25.1 Å². The van der Waals surface area contributed by atoms with E-state index in [9.17, 15) is 5.11 Å². The highest BCUT2D eigenvalue weighted by Gasteiger charge is 2.07. The van der Waals surface area contributed by atoms with Gasteiger partial charge in [0.25, 0.3) is 0 Å². The molecule has 0 aliphatic rings. The minimum atomic E-state index is -0.535. The largest absolute Gasteiger partial charge is 0.385 e. The minimum Gasteiger partial charge on any atom is -0.385 e. The minimum absolute atomic E-state index is 0.535. The number of aliphatic hydroxyl groups is 1. The van der Waals surface area contributed by atoms with Crippen LogP contribution < -0.4 is 0 Å². The van der Waals surface area contributed by atoms with Gasteiger partial charge in [0.1, 0.15) is 11.9 Å². The molecule has 0 saturated carbocycles. The maximum atomic E-state index is 9.32. The van der Waals surface area contributed by atoms with Crippen LogP contribution in [0.3, 0.4) is 0 Å². The number of H-pyrrole nitrogens is 1. The molecule has 0 radical (unpaired) electrons. The maximum absolute atomic E-state index is 9.32. The van der Waals surface area contributed by atoms with Crippen molar-refractivity contribution >= 4 is 11.0 Å². The van der Waals surface area contributed by atoms with Gasteiger partial charge in [0.05, 0.1) is 11.0 Å². The van der Waals surface area contributed by atoms with Crippen LogP contribution in [0.2, 0.25) is 0 Å². The van der Waals surface area contributed by atoms with Crippen molar-refractivity contribution in [3.8, 4) is 0 Å². The van der Waals surface area contributed by atoms with Gasteiger partial charge in [0, 0.05) is 0 Å². The summed E-state index contributed by atoms with van der Waals surface area (Å²) in [4.78, 5) is 7.38. The third kappa shape index (κ3) is 1.31. The van der Waals surface area contributed by atoms with E-state index in [0.717, 1.165) is 16.6 Å². The van der Waals surface area contributed by atoms with Crippen LogP contribution in [0.5, 0.6) is 0 Å². The molecule has 13 heavy (non-hydrogen) atoms. The average molecular weight is 176 g/mol. The van der Waals surface area contributed by atoms with Crippen LogP contribution in [0, 0.1) is 6.92 Å². The molecule has 0 spiro atoms. The van der Waals surface area contributed by atoms with Crippen molar-refractivity contribution in [3.63, 3.8) is 0 Å². The Hall–Kier alpha value is -1.35. The van der Waals surface area contributed by atoms with Gasteiger partial charge >= 0.3 is 0 Å². The summed E-state index contributed by atoms with van der Waals surface area (Å²) in [6.07, 6.45) is -0.535. The number of aromatic amines is 1. The Morgan fingerprint density at radius 2 is 2.23 bits per heavy atom. The lowest BCUT2D eigenvalue weighted by Crippen LogP contribution is -1.92. The van der Waals surface area contributed by atoms with Crippen molar-refractivity contribution in [2.45, 2.75) is 20.0 Å². The molecule has 3 nitrogen and oxygen atoms in total. The fourth-order valence-corrected chi connectivity index (χ4v) is 1.39. The van der Waals surface area contributed by atoms with Gasteiger partial charge in [-0.05, 0) is 25.5 Å². The molecule has 1 aromatic carbocycles. The Bertz CT molecular complexity index is 431. The fraction of sp³-hybridized carbons (Fsp3) is 0.300. The Labute approximate surface area is 76.4 Å². The van der Waals surface area contributed by atoms with Gasteiger partial charge in [-0.15, -0.1) is 0 Å². The lowest BCUT2D eigenvalue weighted by molar-refractivity contribution is 0.190. The number of hydrogen-bond acceptors (Lipinski definition) is 2. The molecule has 0 bridgehead atoms. The van der Waals surface area contributed by atoms with E-state index in [0.29, 0.717) is 5.82 Å². The Balaban J connectivity index is 2.68. The molecule has 0 aliphatic heterocycles. The average Bonchev–Trinajstić information content (AvgIpc) is 2.49. The number of fused-ring (bicyclic) bond motifs is 1. The highest BCUT2D eigenvalue weighted by Crippen LogP contribution is 2.18. The first-order valence-corrected chi connectivity index (χ1v) is 4.32. The summed E-state index contributed by atoms with van der Waals surface area (Å²) in [6, 6.07) is 5.94. The van der Waals surface area contributed by atoms with Crippen LogP contribution in [-0.2, 0) is 0 Å². The van der Waals surface area contributed by atoms with Gasteiger partial charge in [-0.1, -0.05) is 12.1 Å². The fourth-order valence-electron chi connectivity index (χ4n) is 1.39. The zero-order valence-electron chi connectivity index (χ0n) is 7.70. The first-order chi connectivity index (χ1) is 6.18. The molecule has 0 amide bonds. The molecule has 1 atom stereocenters. The molecule has 0 unspecified atom stereocenters. The topological polar surface area (TPSA) is 48.9 Å². The van der Waals surface area contributed by atoms with Gasteiger partial charge in [0.2, 0.25) is 0 Å². The van der Waals surface area contributed by atoms with Gasteiger partial charge in [-0.2, -0.15) is 0 Å². The van der Waals surface area contributed by atoms with Gasteiger partial charge in [0.15, 0.2) is 0 Å². The summed E-state index contributed by atoms with van der Waals surface area (Å²) >= 11 is 0. The summed E-state index contributed by atoms with van der Waals surface area (Å²) in [5.41, 5.74) is 3.05. The predicted octanol–water partition coefficient (Wildman–Crippen LogP) is 1.92. The number of rotatable bonds is 1. The summed E-state index contributed by atoms with van der Waals surface area (Å²) in [6.45, 7) is 3.71. The van der Waals surface area contributed by atoms with Crippen LogP contribution in [-0.4, -0.2) is 15.1 Å². The lowest BCUT2D eigenvalue weighted by atomic mass is 10.2. The number of imidazole rings is 1. The summed E-state index contributed by atoms with van der Waals surface area (Å²) in [5.74, 6) is 0.629. The zero-order chi connectivity index (χ0) is 9.42. The number of para-hydroxylation sites is 1. The number of aliphatic hydroxyl groups excluding tert-OH is 1. The number of benzene rings is 1. The van der Waals surface area contributed by atoms with Crippen molar-refractivity contribution in [1.82, 2.24) is 9.97 Å². The van der Waals surface area contributed by atoms with Crippen molar-refractivity contribution < 1.29 is 5.11 Å². The number of nitrogens with zero attached hydrogens (tertiary/aromatic N) is 1. The van der Waals surface area contributed by atoms with Gasteiger partial charge in [-0.25, -0.2) is 4.98 Å². The standard InChI is InChI=1S/C10H12N2O/c1-6-4-3-5-8-9(6)12-10(11-8)7(2)13/h3-5,7,13H,1-2H3,(H,11,12)/t7-/m1/s1. The smallest absolute Gasteiger partial charge is 0.135 e. The highest BCUT2D eigenvalue weighted by molar-refractivity contribution is 5.78. The molecule has 1 aromatic heterocycles. The Kier molecular flexibility index (Phi) is 1.81. The maximum Gasteiger partial charge on any atom is 0.135 e. The second-order valence-electron chi connectivity index (χ2n) is 3.27. The number of aromatic nitrogens is 2. The third-order valence-electron chi connectivity index (χ3n) is 2.13. The van der Waals surface area contributed by atoms with E-state index in [-0.39, 0.29) is 0 Å². The first kappa shape index (κ1) is 8.26. The molecule has 2 rings (SSSR count).